The molecule has 0 aliphatic heterocycles. The van der Waals surface area contributed by atoms with Gasteiger partial charge in [0, 0.05) is 5.56 Å². The summed E-state index contributed by atoms with van der Waals surface area (Å²) in [5, 5.41) is 6.01. The van der Waals surface area contributed by atoms with Gasteiger partial charge in [-0.15, -0.1) is 0 Å². The van der Waals surface area contributed by atoms with E-state index in [1.807, 2.05) is 31.2 Å². The maximum absolute atomic E-state index is 13.6. The zero-order valence-corrected chi connectivity index (χ0v) is 17.2. The van der Waals surface area contributed by atoms with Crippen molar-refractivity contribution in [2.24, 2.45) is 5.10 Å². The number of hydrogen-bond donors (Lipinski definition) is 0. The van der Waals surface area contributed by atoms with Crippen LogP contribution in [0.25, 0.3) is 10.2 Å². The smallest absolute Gasteiger partial charge is 0.280 e. The molecule has 4 rings (SSSR count). The lowest BCUT2D eigenvalue weighted by molar-refractivity contribution is 0.0988. The van der Waals surface area contributed by atoms with E-state index in [0.717, 1.165) is 11.1 Å². The van der Waals surface area contributed by atoms with Crippen molar-refractivity contribution in [1.82, 2.24) is 4.98 Å². The van der Waals surface area contributed by atoms with Crippen molar-refractivity contribution in [1.29, 1.82) is 0 Å². The van der Waals surface area contributed by atoms with Crippen LogP contribution in [0.1, 0.15) is 21.5 Å². The van der Waals surface area contributed by atoms with Gasteiger partial charge >= 0.3 is 0 Å². The molecule has 3 aromatic carbocycles. The number of anilines is 1. The minimum absolute atomic E-state index is 0.347. The number of halogens is 1. The molecule has 0 aliphatic rings. The number of nitrogens with zero attached hydrogens (tertiary/aromatic N) is 3. The van der Waals surface area contributed by atoms with E-state index in [1.54, 1.807) is 43.7 Å². The van der Waals surface area contributed by atoms with Gasteiger partial charge in [0.1, 0.15) is 11.6 Å². The molecule has 0 saturated heterocycles. The van der Waals surface area contributed by atoms with E-state index in [4.69, 9.17) is 4.74 Å². The first kappa shape index (κ1) is 19.7. The van der Waals surface area contributed by atoms with Crippen molar-refractivity contribution in [2.45, 2.75) is 6.92 Å². The van der Waals surface area contributed by atoms with Gasteiger partial charge in [0.15, 0.2) is 0 Å². The summed E-state index contributed by atoms with van der Waals surface area (Å²) in [5.74, 6) is -0.0499. The summed E-state index contributed by atoms with van der Waals surface area (Å²) in [7, 11) is 1.56. The van der Waals surface area contributed by atoms with Gasteiger partial charge in [0.25, 0.3) is 5.91 Å². The summed E-state index contributed by atoms with van der Waals surface area (Å²) in [5.41, 5.74) is 3.02. The molecule has 1 amide bonds. The SMILES string of the molecule is COc1ccc(C(=O)N(/N=C/c2ccc(C)cc2)c2nc3ccc(F)cc3s2)cc1. The molecule has 0 saturated carbocycles. The molecule has 1 heterocycles. The normalized spacial score (nSPS) is 11.2. The molecule has 150 valence electrons. The molecule has 0 fully saturated rings. The summed E-state index contributed by atoms with van der Waals surface area (Å²) in [6, 6.07) is 18.9. The Morgan fingerprint density at radius 2 is 1.83 bits per heavy atom. The summed E-state index contributed by atoms with van der Waals surface area (Å²) in [4.78, 5) is 17.7. The molecule has 0 radical (unpaired) electrons. The van der Waals surface area contributed by atoms with Crippen molar-refractivity contribution < 1.29 is 13.9 Å². The first-order valence-corrected chi connectivity index (χ1v) is 10.0. The number of hydrogen-bond acceptors (Lipinski definition) is 5. The highest BCUT2D eigenvalue weighted by Gasteiger charge is 2.21. The summed E-state index contributed by atoms with van der Waals surface area (Å²) in [6.07, 6.45) is 1.60. The minimum Gasteiger partial charge on any atom is -0.497 e. The molecule has 0 spiro atoms. The number of ether oxygens (including phenoxy) is 1. The van der Waals surface area contributed by atoms with Crippen LogP contribution in [0.3, 0.4) is 0 Å². The Hall–Kier alpha value is -3.58. The standard InChI is InChI=1S/C23H18FN3O2S/c1-15-3-5-16(6-4-15)14-25-27(22(28)17-7-10-19(29-2)11-8-17)23-26-20-12-9-18(24)13-21(20)30-23/h3-14H,1-2H3/b25-14+. The Morgan fingerprint density at radius 1 is 1.10 bits per heavy atom. The number of hydrazone groups is 1. The maximum Gasteiger partial charge on any atom is 0.280 e. The number of aromatic nitrogens is 1. The lowest BCUT2D eigenvalue weighted by Crippen LogP contribution is -2.25. The Kier molecular flexibility index (Phi) is 5.54. The van der Waals surface area contributed by atoms with Crippen LogP contribution in [-0.2, 0) is 0 Å². The number of thiazole rings is 1. The largest absolute Gasteiger partial charge is 0.497 e. The summed E-state index contributed by atoms with van der Waals surface area (Å²) >= 11 is 1.20. The Balaban J connectivity index is 1.74. The fraction of sp³-hybridized carbons (Fsp3) is 0.0870. The monoisotopic (exact) mass is 419 g/mol. The number of aryl methyl sites for hydroxylation is 1. The van der Waals surface area contributed by atoms with Crippen molar-refractivity contribution >= 4 is 38.8 Å². The number of fused-ring (bicyclic) bond motifs is 1. The zero-order valence-electron chi connectivity index (χ0n) is 16.4. The third-order valence-electron chi connectivity index (χ3n) is 4.45. The molecular weight excluding hydrogens is 401 g/mol. The molecule has 0 N–H and O–H groups in total. The van der Waals surface area contributed by atoms with Gasteiger partial charge in [-0.3, -0.25) is 4.79 Å². The molecule has 0 atom stereocenters. The molecular formula is C23H18FN3O2S. The second-order valence-electron chi connectivity index (χ2n) is 6.61. The van der Waals surface area contributed by atoms with E-state index >= 15 is 0 Å². The van der Waals surface area contributed by atoms with E-state index in [2.05, 4.69) is 10.1 Å². The molecule has 0 bridgehead atoms. The van der Waals surface area contributed by atoms with Crippen LogP contribution in [0.15, 0.2) is 71.8 Å². The van der Waals surface area contributed by atoms with E-state index in [0.29, 0.717) is 26.7 Å². The van der Waals surface area contributed by atoms with Crippen LogP contribution in [0.5, 0.6) is 5.75 Å². The quantitative estimate of drug-likeness (QED) is 0.320. The number of rotatable bonds is 5. The topological polar surface area (TPSA) is 54.8 Å². The van der Waals surface area contributed by atoms with Crippen LogP contribution in [-0.4, -0.2) is 24.2 Å². The van der Waals surface area contributed by atoms with Crippen LogP contribution in [0.2, 0.25) is 0 Å². The highest BCUT2D eigenvalue weighted by molar-refractivity contribution is 7.22. The third-order valence-corrected chi connectivity index (χ3v) is 5.44. The Labute approximate surface area is 177 Å². The van der Waals surface area contributed by atoms with Gasteiger partial charge in [-0.1, -0.05) is 41.2 Å². The van der Waals surface area contributed by atoms with Gasteiger partial charge < -0.3 is 4.74 Å². The molecule has 30 heavy (non-hydrogen) atoms. The molecule has 0 aliphatic carbocycles. The fourth-order valence-corrected chi connectivity index (χ4v) is 3.75. The third kappa shape index (κ3) is 4.21. The van der Waals surface area contributed by atoms with Gasteiger partial charge in [-0.2, -0.15) is 10.1 Å². The maximum atomic E-state index is 13.6. The van der Waals surface area contributed by atoms with E-state index in [1.165, 1.54) is 28.5 Å². The van der Waals surface area contributed by atoms with Crippen LogP contribution >= 0.6 is 11.3 Å². The molecule has 5 nitrogen and oxygen atoms in total. The lowest BCUT2D eigenvalue weighted by Gasteiger charge is -2.14. The molecule has 4 aromatic rings. The highest BCUT2D eigenvalue weighted by atomic mass is 32.1. The van der Waals surface area contributed by atoms with Crippen molar-refractivity contribution in [2.75, 3.05) is 12.1 Å². The molecule has 0 unspecified atom stereocenters. The first-order chi connectivity index (χ1) is 14.5. The predicted molar refractivity (Wildman–Crippen MR) is 118 cm³/mol. The highest BCUT2D eigenvalue weighted by Crippen LogP contribution is 2.30. The summed E-state index contributed by atoms with van der Waals surface area (Å²) < 4.78 is 19.4. The van der Waals surface area contributed by atoms with Gasteiger partial charge in [0.05, 0.1) is 23.5 Å². The van der Waals surface area contributed by atoms with Crippen LogP contribution < -0.4 is 9.75 Å². The van der Waals surface area contributed by atoms with E-state index in [9.17, 15) is 9.18 Å². The van der Waals surface area contributed by atoms with Crippen molar-refractivity contribution in [3.8, 4) is 5.75 Å². The summed E-state index contributed by atoms with van der Waals surface area (Å²) in [6.45, 7) is 2.00. The van der Waals surface area contributed by atoms with Gasteiger partial charge in [0.2, 0.25) is 5.13 Å². The second kappa shape index (κ2) is 8.42. The predicted octanol–water partition coefficient (Wildman–Crippen LogP) is 5.43. The Morgan fingerprint density at radius 3 is 2.53 bits per heavy atom. The van der Waals surface area contributed by atoms with E-state index < -0.39 is 0 Å². The van der Waals surface area contributed by atoms with Crippen molar-refractivity contribution in [3.05, 3.63) is 89.2 Å². The zero-order chi connectivity index (χ0) is 21.1. The number of methoxy groups -OCH3 is 1. The fourth-order valence-electron chi connectivity index (χ4n) is 2.80. The van der Waals surface area contributed by atoms with E-state index in [-0.39, 0.29) is 11.7 Å². The average molecular weight is 419 g/mol. The van der Waals surface area contributed by atoms with Gasteiger partial charge in [-0.05, 0) is 55.0 Å². The Bertz CT molecular complexity index is 1220. The van der Waals surface area contributed by atoms with Gasteiger partial charge in [-0.25, -0.2) is 9.37 Å². The van der Waals surface area contributed by atoms with Crippen LogP contribution in [0, 0.1) is 12.7 Å². The lowest BCUT2D eigenvalue weighted by atomic mass is 10.2. The molecule has 1 aromatic heterocycles. The number of carbonyl (C=O) groups is 1. The van der Waals surface area contributed by atoms with Crippen LogP contribution in [0.4, 0.5) is 9.52 Å². The number of carbonyl (C=O) groups excluding carboxylic acids is 1. The second-order valence-corrected chi connectivity index (χ2v) is 7.62. The number of amides is 1. The number of benzene rings is 3. The first-order valence-electron chi connectivity index (χ1n) is 9.19. The molecule has 7 heteroatoms. The minimum atomic E-state index is -0.353. The average Bonchev–Trinajstić information content (AvgIpc) is 3.18. The van der Waals surface area contributed by atoms with Crippen molar-refractivity contribution in [3.63, 3.8) is 0 Å².